The lowest BCUT2D eigenvalue weighted by molar-refractivity contribution is -0.127. The Balaban J connectivity index is 1.85. The van der Waals surface area contributed by atoms with Gasteiger partial charge in [-0.2, -0.15) is 0 Å². The van der Waals surface area contributed by atoms with Crippen molar-refractivity contribution in [2.24, 2.45) is 5.73 Å². The second-order valence-electron chi connectivity index (χ2n) is 7.80. The first-order valence-electron chi connectivity index (χ1n) is 9.90. The molecule has 3 amide bonds. The number of carbonyl (C=O) groups is 4. The predicted octanol–water partition coefficient (Wildman–Crippen LogP) is 3.23. The highest BCUT2D eigenvalue weighted by molar-refractivity contribution is 7.15. The molecule has 1 spiro atoms. The maximum atomic E-state index is 13.8. The fourth-order valence-electron chi connectivity index (χ4n) is 4.66. The molecule has 1 atom stereocenters. The first-order valence-corrected chi connectivity index (χ1v) is 11.1. The second kappa shape index (κ2) is 7.43. The summed E-state index contributed by atoms with van der Waals surface area (Å²) in [6.07, 6.45) is -0.230. The normalized spacial score (nSPS) is 18.8. The number of thiophene rings is 1. The number of benzene rings is 2. The molecule has 0 bridgehead atoms. The van der Waals surface area contributed by atoms with Crippen molar-refractivity contribution in [1.82, 2.24) is 0 Å². The van der Waals surface area contributed by atoms with E-state index >= 15 is 0 Å². The van der Waals surface area contributed by atoms with Crippen LogP contribution < -0.4 is 16.0 Å². The Labute approximate surface area is 196 Å². The highest BCUT2D eigenvalue weighted by Crippen LogP contribution is 2.57. The van der Waals surface area contributed by atoms with Gasteiger partial charge in [-0.1, -0.05) is 48.0 Å². The average Bonchev–Trinajstić information content (AvgIpc) is 3.25. The highest BCUT2D eigenvalue weighted by Gasteiger charge is 2.58. The van der Waals surface area contributed by atoms with Crippen LogP contribution in [0.5, 0.6) is 0 Å². The number of carboxylic acid groups (broad SMARTS) is 1. The lowest BCUT2D eigenvalue weighted by Crippen LogP contribution is -2.47. The molecule has 33 heavy (non-hydrogen) atoms. The fraction of sp³-hybridized carbons (Fsp3) is 0.130. The van der Waals surface area contributed by atoms with Crippen molar-refractivity contribution in [3.8, 4) is 11.1 Å². The van der Waals surface area contributed by atoms with Gasteiger partial charge in [-0.3, -0.25) is 14.4 Å². The molecule has 0 fully saturated rings. The maximum Gasteiger partial charge on any atom is 0.346 e. The van der Waals surface area contributed by atoms with Crippen LogP contribution in [0.25, 0.3) is 11.1 Å². The first kappa shape index (κ1) is 21.2. The second-order valence-corrected chi connectivity index (χ2v) is 9.23. The monoisotopic (exact) mass is 481 g/mol. The van der Waals surface area contributed by atoms with Crippen molar-refractivity contribution in [3.05, 3.63) is 68.9 Å². The maximum absolute atomic E-state index is 13.8. The number of anilines is 2. The van der Waals surface area contributed by atoms with Gasteiger partial charge >= 0.3 is 5.97 Å². The zero-order valence-electron chi connectivity index (χ0n) is 16.9. The third kappa shape index (κ3) is 2.96. The molecule has 0 unspecified atom stereocenters. The van der Waals surface area contributed by atoms with Crippen LogP contribution in [0.3, 0.4) is 0 Å². The number of rotatable bonds is 4. The summed E-state index contributed by atoms with van der Waals surface area (Å²) < 4.78 is 0. The summed E-state index contributed by atoms with van der Waals surface area (Å²) in [6.45, 7) is -0.358. The molecule has 8 nitrogen and oxygen atoms in total. The Morgan fingerprint density at radius 3 is 2.55 bits per heavy atom. The summed E-state index contributed by atoms with van der Waals surface area (Å²) >= 11 is 7.31. The average molecular weight is 482 g/mol. The summed E-state index contributed by atoms with van der Waals surface area (Å²) in [5.41, 5.74) is 5.83. The fourth-order valence-corrected chi connectivity index (χ4v) is 6.19. The van der Waals surface area contributed by atoms with Gasteiger partial charge in [0.25, 0.3) is 0 Å². The SMILES string of the molecule is NC(=O)CN1C(=O)[C@@]2(CC(=O)Nc3c2sc(C(=O)O)c3-c2ccccc2Cl)c2ccccc21. The van der Waals surface area contributed by atoms with Crippen LogP contribution in [0, 0.1) is 0 Å². The number of nitrogens with zero attached hydrogens (tertiary/aromatic N) is 1. The number of halogens is 1. The van der Waals surface area contributed by atoms with E-state index in [0.29, 0.717) is 26.7 Å². The number of nitrogens with one attached hydrogen (secondary N) is 1. The minimum Gasteiger partial charge on any atom is -0.477 e. The van der Waals surface area contributed by atoms with Crippen molar-refractivity contribution in [3.63, 3.8) is 0 Å². The largest absolute Gasteiger partial charge is 0.477 e. The summed E-state index contributed by atoms with van der Waals surface area (Å²) in [5, 5.41) is 13.1. The molecule has 166 valence electrons. The molecule has 0 aliphatic carbocycles. The van der Waals surface area contributed by atoms with E-state index in [1.165, 1.54) is 4.90 Å². The summed E-state index contributed by atoms with van der Waals surface area (Å²) in [7, 11) is 0. The molecule has 0 saturated heterocycles. The van der Waals surface area contributed by atoms with Gasteiger partial charge in [0.15, 0.2) is 0 Å². The van der Waals surface area contributed by atoms with Crippen LogP contribution >= 0.6 is 22.9 Å². The number of carboxylic acids is 1. The van der Waals surface area contributed by atoms with E-state index in [-0.39, 0.29) is 29.1 Å². The van der Waals surface area contributed by atoms with Crippen LogP contribution in [-0.4, -0.2) is 35.3 Å². The summed E-state index contributed by atoms with van der Waals surface area (Å²) in [6, 6.07) is 13.5. The van der Waals surface area contributed by atoms with Gasteiger partial charge in [0, 0.05) is 21.8 Å². The molecule has 1 aromatic heterocycles. The van der Waals surface area contributed by atoms with E-state index in [1.54, 1.807) is 48.5 Å². The third-order valence-electron chi connectivity index (χ3n) is 5.90. The molecule has 0 saturated carbocycles. The molecular weight excluding hydrogens is 466 g/mol. The molecule has 5 rings (SSSR count). The molecule has 2 aliphatic rings. The van der Waals surface area contributed by atoms with E-state index < -0.39 is 29.1 Å². The number of amides is 3. The summed E-state index contributed by atoms with van der Waals surface area (Å²) in [4.78, 5) is 52.4. The van der Waals surface area contributed by atoms with Gasteiger partial charge in [-0.05, 0) is 17.7 Å². The van der Waals surface area contributed by atoms with Gasteiger partial charge in [0.05, 0.1) is 17.0 Å². The number of aromatic carboxylic acids is 1. The lowest BCUT2D eigenvalue weighted by Gasteiger charge is -2.32. The van der Waals surface area contributed by atoms with E-state index in [4.69, 9.17) is 17.3 Å². The molecule has 3 heterocycles. The number of carbonyl (C=O) groups excluding carboxylic acids is 3. The van der Waals surface area contributed by atoms with Crippen molar-refractivity contribution < 1.29 is 24.3 Å². The predicted molar refractivity (Wildman–Crippen MR) is 124 cm³/mol. The Hall–Kier alpha value is -3.69. The van der Waals surface area contributed by atoms with Gasteiger partial charge in [0.2, 0.25) is 17.7 Å². The number of hydrogen-bond donors (Lipinski definition) is 3. The van der Waals surface area contributed by atoms with E-state index in [2.05, 4.69) is 5.32 Å². The quantitative estimate of drug-likeness (QED) is 0.526. The standard InChI is InChI=1S/C23H16ClN3O5S/c24-13-7-3-1-5-11(13)17-18-20(33-19(17)21(30)31)23(9-16(29)26-18)12-6-2-4-8-14(12)27(22(23)32)10-15(25)28/h1-8H,9-10H2,(H2,25,28)(H,26,29)(H,30,31)/t23-/m0/s1. The van der Waals surface area contributed by atoms with Crippen molar-refractivity contribution in [1.29, 1.82) is 0 Å². The smallest absolute Gasteiger partial charge is 0.346 e. The van der Waals surface area contributed by atoms with Crippen LogP contribution in [0.1, 0.15) is 26.5 Å². The van der Waals surface area contributed by atoms with Crippen molar-refractivity contribution >= 4 is 58.0 Å². The van der Waals surface area contributed by atoms with Crippen LogP contribution in [0.2, 0.25) is 5.02 Å². The van der Waals surface area contributed by atoms with Gasteiger partial charge in [0.1, 0.15) is 16.8 Å². The van der Waals surface area contributed by atoms with Gasteiger partial charge in [-0.25, -0.2) is 4.79 Å². The lowest BCUT2D eigenvalue weighted by atomic mass is 9.74. The minimum atomic E-state index is -1.47. The molecule has 2 aliphatic heterocycles. The Kier molecular flexibility index (Phi) is 4.77. The van der Waals surface area contributed by atoms with Crippen LogP contribution in [0.4, 0.5) is 11.4 Å². The molecule has 10 heteroatoms. The molecule has 0 radical (unpaired) electrons. The zero-order chi connectivity index (χ0) is 23.5. The van der Waals surface area contributed by atoms with Gasteiger partial charge in [-0.15, -0.1) is 11.3 Å². The topological polar surface area (TPSA) is 130 Å². The number of fused-ring (bicyclic) bond motifs is 4. The number of nitrogens with two attached hydrogens (primary N) is 1. The van der Waals surface area contributed by atoms with E-state index in [9.17, 15) is 24.3 Å². The number of para-hydroxylation sites is 1. The van der Waals surface area contributed by atoms with E-state index in [0.717, 1.165) is 11.3 Å². The van der Waals surface area contributed by atoms with Gasteiger partial charge < -0.3 is 21.1 Å². The van der Waals surface area contributed by atoms with Crippen molar-refractivity contribution in [2.45, 2.75) is 11.8 Å². The number of primary amides is 1. The number of hydrogen-bond acceptors (Lipinski definition) is 5. The van der Waals surface area contributed by atoms with Crippen molar-refractivity contribution in [2.75, 3.05) is 16.8 Å². The van der Waals surface area contributed by atoms with E-state index in [1.807, 2.05) is 0 Å². The summed E-state index contributed by atoms with van der Waals surface area (Å²) in [5.74, 6) is -2.86. The molecule has 3 aromatic rings. The molecule has 4 N–H and O–H groups in total. The third-order valence-corrected chi connectivity index (χ3v) is 7.57. The Morgan fingerprint density at radius 1 is 1.15 bits per heavy atom. The highest BCUT2D eigenvalue weighted by atomic mass is 35.5. The van der Waals surface area contributed by atoms with Crippen LogP contribution in [0.15, 0.2) is 48.5 Å². The molecule has 2 aromatic carbocycles. The molecular formula is C23H16ClN3O5S. The van der Waals surface area contributed by atoms with Crippen LogP contribution in [-0.2, 0) is 19.8 Å². The minimum absolute atomic E-state index is 0.0479. The first-order chi connectivity index (χ1) is 15.8. The zero-order valence-corrected chi connectivity index (χ0v) is 18.5. The Bertz CT molecular complexity index is 1380. The Morgan fingerprint density at radius 2 is 1.85 bits per heavy atom.